The van der Waals surface area contributed by atoms with Crippen LogP contribution in [0.3, 0.4) is 0 Å². The summed E-state index contributed by atoms with van der Waals surface area (Å²) in [6.45, 7) is 7.59. The third kappa shape index (κ3) is 3.05. The molecule has 1 unspecified atom stereocenters. The molecule has 0 aliphatic rings. The third-order valence-electron chi connectivity index (χ3n) is 3.17. The SMILES string of the molecule is CC(C)(C)C(C)(O)Cc1ccc(Br)cc1F. The highest BCUT2D eigenvalue weighted by Crippen LogP contribution is 2.33. The van der Waals surface area contributed by atoms with Crippen LogP contribution >= 0.6 is 15.9 Å². The molecule has 0 saturated heterocycles. The van der Waals surface area contributed by atoms with Crippen molar-refractivity contribution in [3.8, 4) is 0 Å². The van der Waals surface area contributed by atoms with Crippen LogP contribution in [0.2, 0.25) is 0 Å². The van der Waals surface area contributed by atoms with Crippen LogP contribution in [0.5, 0.6) is 0 Å². The fourth-order valence-corrected chi connectivity index (χ4v) is 1.63. The van der Waals surface area contributed by atoms with Gasteiger partial charge in [0.15, 0.2) is 0 Å². The monoisotopic (exact) mass is 288 g/mol. The van der Waals surface area contributed by atoms with Gasteiger partial charge in [-0.25, -0.2) is 4.39 Å². The highest BCUT2D eigenvalue weighted by Gasteiger charge is 2.35. The van der Waals surface area contributed by atoms with E-state index in [1.807, 2.05) is 20.8 Å². The van der Waals surface area contributed by atoms with E-state index in [4.69, 9.17) is 0 Å². The van der Waals surface area contributed by atoms with Gasteiger partial charge in [-0.1, -0.05) is 42.8 Å². The summed E-state index contributed by atoms with van der Waals surface area (Å²) in [6, 6.07) is 4.92. The number of hydrogen-bond donors (Lipinski definition) is 1. The minimum Gasteiger partial charge on any atom is -0.389 e. The second-order valence-corrected chi connectivity index (χ2v) is 6.35. The standard InChI is InChI=1S/C13H18BrFO/c1-12(2,3)13(4,16)8-9-5-6-10(14)7-11(9)15/h5-7,16H,8H2,1-4H3. The van der Waals surface area contributed by atoms with Crippen LogP contribution in [-0.2, 0) is 6.42 Å². The van der Waals surface area contributed by atoms with E-state index in [9.17, 15) is 9.50 Å². The van der Waals surface area contributed by atoms with Crippen LogP contribution in [0, 0.1) is 11.2 Å². The molecule has 0 aromatic heterocycles. The quantitative estimate of drug-likeness (QED) is 0.874. The average Bonchev–Trinajstić information content (AvgIpc) is 2.08. The predicted molar refractivity (Wildman–Crippen MR) is 67.9 cm³/mol. The number of aliphatic hydroxyl groups is 1. The summed E-state index contributed by atoms with van der Waals surface area (Å²) in [5, 5.41) is 10.3. The molecule has 0 aliphatic carbocycles. The molecule has 0 saturated carbocycles. The molecule has 1 aromatic rings. The van der Waals surface area contributed by atoms with Crippen molar-refractivity contribution in [1.29, 1.82) is 0 Å². The summed E-state index contributed by atoms with van der Waals surface area (Å²) in [6.07, 6.45) is 0.315. The first-order valence-corrected chi connectivity index (χ1v) is 6.09. The maximum absolute atomic E-state index is 13.6. The number of benzene rings is 1. The van der Waals surface area contributed by atoms with E-state index >= 15 is 0 Å². The Hall–Kier alpha value is -0.410. The predicted octanol–water partition coefficient (Wildman–Crippen LogP) is 3.93. The van der Waals surface area contributed by atoms with E-state index in [2.05, 4.69) is 15.9 Å². The lowest BCUT2D eigenvalue weighted by Crippen LogP contribution is -2.41. The fourth-order valence-electron chi connectivity index (χ4n) is 1.30. The highest BCUT2D eigenvalue weighted by molar-refractivity contribution is 9.10. The molecule has 1 atom stereocenters. The molecule has 1 N–H and O–H groups in total. The molecule has 0 aliphatic heterocycles. The molecule has 1 nitrogen and oxygen atoms in total. The minimum atomic E-state index is -0.929. The summed E-state index contributed by atoms with van der Waals surface area (Å²) in [7, 11) is 0. The molecule has 0 fully saturated rings. The first-order chi connectivity index (χ1) is 7.13. The first-order valence-electron chi connectivity index (χ1n) is 5.30. The van der Waals surface area contributed by atoms with Crippen LogP contribution in [0.1, 0.15) is 33.3 Å². The van der Waals surface area contributed by atoms with Crippen molar-refractivity contribution < 1.29 is 9.50 Å². The molecule has 0 amide bonds. The van der Waals surface area contributed by atoms with Crippen molar-refractivity contribution in [3.63, 3.8) is 0 Å². The summed E-state index contributed by atoms with van der Waals surface area (Å²) in [4.78, 5) is 0. The summed E-state index contributed by atoms with van der Waals surface area (Å²) < 4.78 is 14.3. The first kappa shape index (κ1) is 13.7. The lowest BCUT2D eigenvalue weighted by molar-refractivity contribution is -0.0411. The molecule has 0 spiro atoms. The Morgan fingerprint density at radius 1 is 1.25 bits per heavy atom. The van der Waals surface area contributed by atoms with E-state index in [1.165, 1.54) is 6.07 Å². The zero-order valence-corrected chi connectivity index (χ0v) is 11.7. The Balaban J connectivity index is 2.97. The minimum absolute atomic E-state index is 0.279. The maximum atomic E-state index is 13.6. The van der Waals surface area contributed by atoms with Crippen LogP contribution in [0.4, 0.5) is 4.39 Å². The van der Waals surface area contributed by atoms with Crippen LogP contribution in [0.25, 0.3) is 0 Å². The molecule has 0 radical (unpaired) electrons. The van der Waals surface area contributed by atoms with E-state index in [-0.39, 0.29) is 11.2 Å². The zero-order valence-electron chi connectivity index (χ0n) is 10.1. The number of hydrogen-bond acceptors (Lipinski definition) is 1. The van der Waals surface area contributed by atoms with Crippen molar-refractivity contribution in [2.75, 3.05) is 0 Å². The number of halogens is 2. The topological polar surface area (TPSA) is 20.2 Å². The second kappa shape index (κ2) is 4.46. The lowest BCUT2D eigenvalue weighted by Gasteiger charge is -2.37. The van der Waals surface area contributed by atoms with Crippen molar-refractivity contribution in [3.05, 3.63) is 34.1 Å². The van der Waals surface area contributed by atoms with Crippen molar-refractivity contribution in [2.45, 2.75) is 39.7 Å². The van der Waals surface area contributed by atoms with Crippen LogP contribution < -0.4 is 0 Å². The molecule has 16 heavy (non-hydrogen) atoms. The van der Waals surface area contributed by atoms with Gasteiger partial charge in [-0.05, 0) is 30.0 Å². The molecule has 1 rings (SSSR count). The van der Waals surface area contributed by atoms with Crippen molar-refractivity contribution in [1.82, 2.24) is 0 Å². The normalized spacial score (nSPS) is 15.9. The Morgan fingerprint density at radius 3 is 2.25 bits per heavy atom. The Labute approximate surface area is 105 Å². The van der Waals surface area contributed by atoms with Crippen LogP contribution in [0.15, 0.2) is 22.7 Å². The second-order valence-electron chi connectivity index (χ2n) is 5.44. The molecule has 90 valence electrons. The average molecular weight is 289 g/mol. The van der Waals surface area contributed by atoms with E-state index in [1.54, 1.807) is 19.1 Å². The summed E-state index contributed by atoms with van der Waals surface area (Å²) >= 11 is 3.21. The van der Waals surface area contributed by atoms with Gasteiger partial charge < -0.3 is 5.11 Å². The van der Waals surface area contributed by atoms with Crippen LogP contribution in [-0.4, -0.2) is 10.7 Å². The van der Waals surface area contributed by atoms with E-state index in [0.717, 1.165) is 0 Å². The van der Waals surface area contributed by atoms with Gasteiger partial charge in [-0.15, -0.1) is 0 Å². The smallest absolute Gasteiger partial charge is 0.127 e. The van der Waals surface area contributed by atoms with Crippen molar-refractivity contribution >= 4 is 15.9 Å². The molecule has 3 heteroatoms. The summed E-state index contributed by atoms with van der Waals surface area (Å²) in [5.74, 6) is -0.279. The lowest BCUT2D eigenvalue weighted by atomic mass is 9.74. The maximum Gasteiger partial charge on any atom is 0.127 e. The summed E-state index contributed by atoms with van der Waals surface area (Å²) in [5.41, 5.74) is -0.670. The van der Waals surface area contributed by atoms with Gasteiger partial charge in [0.2, 0.25) is 0 Å². The fraction of sp³-hybridized carbons (Fsp3) is 0.538. The van der Waals surface area contributed by atoms with Gasteiger partial charge in [0.05, 0.1) is 5.60 Å². The van der Waals surface area contributed by atoms with Gasteiger partial charge in [0, 0.05) is 10.9 Å². The molecular formula is C13H18BrFO. The largest absolute Gasteiger partial charge is 0.389 e. The Bertz CT molecular complexity index is 380. The molecule has 0 bridgehead atoms. The van der Waals surface area contributed by atoms with E-state index in [0.29, 0.717) is 16.5 Å². The Kier molecular flexibility index (Phi) is 3.80. The van der Waals surface area contributed by atoms with E-state index < -0.39 is 5.60 Å². The van der Waals surface area contributed by atoms with Gasteiger partial charge in [0.1, 0.15) is 5.82 Å². The number of rotatable bonds is 2. The zero-order chi connectivity index (χ0) is 12.6. The van der Waals surface area contributed by atoms with Gasteiger partial charge in [-0.3, -0.25) is 0 Å². The van der Waals surface area contributed by atoms with Gasteiger partial charge in [-0.2, -0.15) is 0 Å². The molecule has 1 aromatic carbocycles. The van der Waals surface area contributed by atoms with Gasteiger partial charge >= 0.3 is 0 Å². The molecule has 0 heterocycles. The Morgan fingerprint density at radius 2 is 1.81 bits per heavy atom. The molecular weight excluding hydrogens is 271 g/mol. The third-order valence-corrected chi connectivity index (χ3v) is 3.66. The highest BCUT2D eigenvalue weighted by atomic mass is 79.9. The van der Waals surface area contributed by atoms with Gasteiger partial charge in [0.25, 0.3) is 0 Å². The van der Waals surface area contributed by atoms with Crippen molar-refractivity contribution in [2.24, 2.45) is 5.41 Å².